The van der Waals surface area contributed by atoms with E-state index in [1.165, 1.54) is 6.26 Å². The SMILES string of the molecule is NC(=O)c1nc(-c2ccco2)[nH]c1O. The maximum atomic E-state index is 10.8. The van der Waals surface area contributed by atoms with Gasteiger partial charge in [-0.3, -0.25) is 4.79 Å². The van der Waals surface area contributed by atoms with E-state index in [0.29, 0.717) is 5.76 Å². The Hall–Kier alpha value is -2.24. The molecule has 6 nitrogen and oxygen atoms in total. The fourth-order valence-electron chi connectivity index (χ4n) is 1.07. The second-order valence-electron chi connectivity index (χ2n) is 2.62. The molecule has 0 atom stereocenters. The zero-order chi connectivity index (χ0) is 10.1. The molecular weight excluding hydrogens is 186 g/mol. The number of hydrogen-bond acceptors (Lipinski definition) is 4. The van der Waals surface area contributed by atoms with E-state index in [-0.39, 0.29) is 17.4 Å². The lowest BCUT2D eigenvalue weighted by atomic mass is 10.4. The van der Waals surface area contributed by atoms with Gasteiger partial charge in [-0.25, -0.2) is 4.98 Å². The van der Waals surface area contributed by atoms with Crippen LogP contribution >= 0.6 is 0 Å². The number of imidazole rings is 1. The second-order valence-corrected chi connectivity index (χ2v) is 2.62. The number of H-pyrrole nitrogens is 1. The van der Waals surface area contributed by atoms with Gasteiger partial charge in [-0.05, 0) is 12.1 Å². The zero-order valence-electron chi connectivity index (χ0n) is 7.02. The molecule has 0 spiro atoms. The van der Waals surface area contributed by atoms with Crippen molar-refractivity contribution in [2.75, 3.05) is 0 Å². The van der Waals surface area contributed by atoms with E-state index in [9.17, 15) is 9.90 Å². The molecule has 0 aliphatic rings. The second kappa shape index (κ2) is 2.91. The smallest absolute Gasteiger partial charge is 0.272 e. The monoisotopic (exact) mass is 193 g/mol. The summed E-state index contributed by atoms with van der Waals surface area (Å²) in [7, 11) is 0. The molecule has 0 radical (unpaired) electrons. The molecule has 0 saturated carbocycles. The van der Waals surface area contributed by atoms with E-state index in [4.69, 9.17) is 10.2 Å². The van der Waals surface area contributed by atoms with Gasteiger partial charge in [0.25, 0.3) is 5.91 Å². The topological polar surface area (TPSA) is 105 Å². The summed E-state index contributed by atoms with van der Waals surface area (Å²) >= 11 is 0. The van der Waals surface area contributed by atoms with Crippen molar-refractivity contribution in [2.45, 2.75) is 0 Å². The van der Waals surface area contributed by atoms with Crippen molar-refractivity contribution in [3.05, 3.63) is 24.1 Å². The van der Waals surface area contributed by atoms with Crippen LogP contribution in [0.1, 0.15) is 10.5 Å². The summed E-state index contributed by atoms with van der Waals surface area (Å²) in [4.78, 5) is 17.0. The summed E-state index contributed by atoms with van der Waals surface area (Å²) in [6.07, 6.45) is 1.46. The zero-order valence-corrected chi connectivity index (χ0v) is 7.02. The summed E-state index contributed by atoms with van der Waals surface area (Å²) in [5, 5.41) is 9.24. The minimum atomic E-state index is -0.795. The van der Waals surface area contributed by atoms with Crippen LogP contribution in [0.5, 0.6) is 5.88 Å². The van der Waals surface area contributed by atoms with Crippen molar-refractivity contribution >= 4 is 5.91 Å². The number of amides is 1. The van der Waals surface area contributed by atoms with Crippen LogP contribution in [0.4, 0.5) is 0 Å². The molecule has 0 aliphatic carbocycles. The molecule has 2 aromatic rings. The predicted molar refractivity (Wildman–Crippen MR) is 46.5 cm³/mol. The summed E-state index contributed by atoms with van der Waals surface area (Å²) < 4.78 is 5.01. The number of aromatic hydroxyl groups is 1. The summed E-state index contributed by atoms with van der Waals surface area (Å²) in [6.45, 7) is 0. The number of carbonyl (C=O) groups excluding carboxylic acids is 1. The van der Waals surface area contributed by atoms with E-state index in [2.05, 4.69) is 9.97 Å². The Balaban J connectivity index is 2.48. The predicted octanol–water partition coefficient (Wildman–Crippen LogP) is 0.474. The van der Waals surface area contributed by atoms with Gasteiger partial charge < -0.3 is 20.2 Å². The molecule has 4 N–H and O–H groups in total. The van der Waals surface area contributed by atoms with Crippen molar-refractivity contribution < 1.29 is 14.3 Å². The number of primary amides is 1. The number of carbonyl (C=O) groups is 1. The molecule has 72 valence electrons. The van der Waals surface area contributed by atoms with Gasteiger partial charge in [0.05, 0.1) is 6.26 Å². The summed E-state index contributed by atoms with van der Waals surface area (Å²) in [6, 6.07) is 3.31. The lowest BCUT2D eigenvalue weighted by Crippen LogP contribution is -2.11. The van der Waals surface area contributed by atoms with Gasteiger partial charge >= 0.3 is 0 Å². The third kappa shape index (κ3) is 1.22. The molecule has 0 unspecified atom stereocenters. The number of rotatable bonds is 2. The number of nitrogens with zero attached hydrogens (tertiary/aromatic N) is 1. The fraction of sp³-hybridized carbons (Fsp3) is 0. The van der Waals surface area contributed by atoms with Crippen molar-refractivity contribution in [3.8, 4) is 17.5 Å². The number of aromatic nitrogens is 2. The van der Waals surface area contributed by atoms with E-state index in [1.54, 1.807) is 12.1 Å². The first-order valence-electron chi connectivity index (χ1n) is 3.81. The van der Waals surface area contributed by atoms with Crippen LogP contribution < -0.4 is 5.73 Å². The quantitative estimate of drug-likeness (QED) is 0.644. The lowest BCUT2D eigenvalue weighted by Gasteiger charge is -1.85. The maximum absolute atomic E-state index is 10.8. The van der Waals surface area contributed by atoms with Crippen molar-refractivity contribution in [1.29, 1.82) is 0 Å². The van der Waals surface area contributed by atoms with Gasteiger partial charge in [0.2, 0.25) is 5.88 Å². The normalized spacial score (nSPS) is 10.3. The molecule has 0 fully saturated rings. The Morgan fingerprint density at radius 1 is 1.64 bits per heavy atom. The molecule has 0 saturated heterocycles. The van der Waals surface area contributed by atoms with E-state index in [0.717, 1.165) is 0 Å². The van der Waals surface area contributed by atoms with E-state index >= 15 is 0 Å². The highest BCUT2D eigenvalue weighted by molar-refractivity contribution is 5.93. The van der Waals surface area contributed by atoms with Crippen LogP contribution in [0.2, 0.25) is 0 Å². The first-order valence-corrected chi connectivity index (χ1v) is 3.81. The van der Waals surface area contributed by atoms with Crippen LogP contribution in [0.15, 0.2) is 22.8 Å². The third-order valence-electron chi connectivity index (χ3n) is 1.67. The minimum absolute atomic E-state index is 0.198. The maximum Gasteiger partial charge on any atom is 0.272 e. The number of hydrogen-bond donors (Lipinski definition) is 3. The standard InChI is InChI=1S/C8H7N3O3/c9-6(12)5-8(13)11-7(10-5)4-2-1-3-14-4/h1-3,13H,(H2,9,12)(H,10,11). The Morgan fingerprint density at radius 2 is 2.43 bits per heavy atom. The highest BCUT2D eigenvalue weighted by Gasteiger charge is 2.16. The average molecular weight is 193 g/mol. The summed E-state index contributed by atoms with van der Waals surface area (Å²) in [5.74, 6) is -0.463. The number of nitrogens with one attached hydrogen (secondary N) is 1. The van der Waals surface area contributed by atoms with Crippen LogP contribution in [-0.2, 0) is 0 Å². The fourth-order valence-corrected chi connectivity index (χ4v) is 1.07. The van der Waals surface area contributed by atoms with Gasteiger partial charge in [0.1, 0.15) is 0 Å². The molecule has 2 heterocycles. The molecule has 2 aromatic heterocycles. The van der Waals surface area contributed by atoms with E-state index in [1.807, 2.05) is 0 Å². The molecule has 0 bridgehead atoms. The molecule has 14 heavy (non-hydrogen) atoms. The highest BCUT2D eigenvalue weighted by atomic mass is 16.3. The van der Waals surface area contributed by atoms with E-state index < -0.39 is 5.91 Å². The third-order valence-corrected chi connectivity index (χ3v) is 1.67. The Labute approximate surface area is 78.4 Å². The van der Waals surface area contributed by atoms with Gasteiger partial charge in [-0.1, -0.05) is 0 Å². The van der Waals surface area contributed by atoms with Crippen LogP contribution in [-0.4, -0.2) is 21.0 Å². The van der Waals surface area contributed by atoms with Gasteiger partial charge in [0, 0.05) is 0 Å². The Bertz CT molecular complexity index is 458. The van der Waals surface area contributed by atoms with Crippen molar-refractivity contribution in [3.63, 3.8) is 0 Å². The lowest BCUT2D eigenvalue weighted by molar-refractivity contribution is 0.0993. The first-order chi connectivity index (χ1) is 6.68. The molecule has 0 aromatic carbocycles. The molecule has 1 amide bonds. The average Bonchev–Trinajstić information content (AvgIpc) is 2.70. The van der Waals surface area contributed by atoms with Crippen molar-refractivity contribution in [2.24, 2.45) is 5.73 Å². The van der Waals surface area contributed by atoms with Gasteiger partial charge in [0.15, 0.2) is 17.3 Å². The van der Waals surface area contributed by atoms with Crippen LogP contribution in [0, 0.1) is 0 Å². The van der Waals surface area contributed by atoms with Crippen molar-refractivity contribution in [1.82, 2.24) is 9.97 Å². The minimum Gasteiger partial charge on any atom is -0.493 e. The highest BCUT2D eigenvalue weighted by Crippen LogP contribution is 2.21. The molecule has 6 heteroatoms. The number of aromatic amines is 1. The summed E-state index contributed by atoms with van der Waals surface area (Å²) in [5.41, 5.74) is 4.77. The first kappa shape index (κ1) is 8.36. The van der Waals surface area contributed by atoms with Gasteiger partial charge in [-0.2, -0.15) is 0 Å². The van der Waals surface area contributed by atoms with Crippen LogP contribution in [0.25, 0.3) is 11.6 Å². The largest absolute Gasteiger partial charge is 0.493 e. The number of furan rings is 1. The van der Waals surface area contributed by atoms with Gasteiger partial charge in [-0.15, -0.1) is 0 Å². The molecular formula is C8H7N3O3. The molecule has 0 aliphatic heterocycles. The molecule has 2 rings (SSSR count). The Morgan fingerprint density at radius 3 is 2.93 bits per heavy atom. The van der Waals surface area contributed by atoms with Crippen LogP contribution in [0.3, 0.4) is 0 Å². The number of nitrogens with two attached hydrogens (primary N) is 1. The Kier molecular flexibility index (Phi) is 1.74.